The van der Waals surface area contributed by atoms with E-state index in [0.29, 0.717) is 0 Å². The summed E-state index contributed by atoms with van der Waals surface area (Å²) in [4.78, 5) is 4.63. The quantitative estimate of drug-likeness (QED) is 0.375. The summed E-state index contributed by atoms with van der Waals surface area (Å²) in [5, 5.41) is 0. The Labute approximate surface area is 49.5 Å². The fourth-order valence-corrected chi connectivity index (χ4v) is 0.341. The Morgan fingerprint density at radius 2 is 2.43 bits per heavy atom. The topological polar surface area (TPSA) is 12.4 Å². The van der Waals surface area contributed by atoms with Gasteiger partial charge in [0.1, 0.15) is 4.99 Å². The first kappa shape index (κ1) is 6.76. The summed E-state index contributed by atoms with van der Waals surface area (Å²) in [5.74, 6) is 0. The van der Waals surface area contributed by atoms with Crippen LogP contribution in [0.15, 0.2) is 4.99 Å². The van der Waals surface area contributed by atoms with Crippen molar-refractivity contribution in [1.82, 2.24) is 0 Å². The molecule has 0 spiro atoms. The van der Waals surface area contributed by atoms with Gasteiger partial charge in [-0.25, -0.2) is 0 Å². The third-order valence-corrected chi connectivity index (χ3v) is 0.970. The second-order valence-corrected chi connectivity index (χ2v) is 1.61. The molecule has 0 amide bonds. The second-order valence-electron chi connectivity index (χ2n) is 1.13. The summed E-state index contributed by atoms with van der Waals surface area (Å²) in [5.41, 5.74) is 0. The molecule has 0 unspecified atom stereocenters. The van der Waals surface area contributed by atoms with Crippen LogP contribution in [0.25, 0.3) is 0 Å². The van der Waals surface area contributed by atoms with E-state index in [1.54, 1.807) is 6.21 Å². The molecule has 7 heavy (non-hydrogen) atoms. The van der Waals surface area contributed by atoms with Gasteiger partial charge in [-0.05, 0) is 13.3 Å². The van der Waals surface area contributed by atoms with Crippen LogP contribution in [0, 0.1) is 0 Å². The molecule has 0 fully saturated rings. The average Bonchev–Trinajstić information content (AvgIpc) is 1.68. The lowest BCUT2D eigenvalue weighted by atomic mass is 10.5. The van der Waals surface area contributed by atoms with E-state index >= 15 is 0 Å². The largest absolute Gasteiger partial charge is 0.254 e. The zero-order chi connectivity index (χ0) is 5.70. The first-order valence-electron chi connectivity index (χ1n) is 2.32. The highest BCUT2D eigenvalue weighted by atomic mass is 32.1. The van der Waals surface area contributed by atoms with Crippen molar-refractivity contribution in [1.29, 1.82) is 0 Å². The van der Waals surface area contributed by atoms with Crippen LogP contribution >= 0.6 is 12.2 Å². The summed E-state index contributed by atoms with van der Waals surface area (Å²) in [6.45, 7) is 3.86. The zero-order valence-corrected chi connectivity index (χ0v) is 5.46. The van der Waals surface area contributed by atoms with Crippen molar-refractivity contribution in [3.63, 3.8) is 0 Å². The van der Waals surface area contributed by atoms with Gasteiger partial charge in [-0.1, -0.05) is 19.1 Å². The summed E-state index contributed by atoms with van der Waals surface area (Å²) in [6, 6.07) is 0. The molecule has 0 radical (unpaired) electrons. The molecule has 0 heterocycles. The van der Waals surface area contributed by atoms with E-state index in [9.17, 15) is 0 Å². The number of aliphatic imine (C=N–C) groups is 1. The van der Waals surface area contributed by atoms with E-state index in [2.05, 4.69) is 4.99 Å². The van der Waals surface area contributed by atoms with Crippen molar-refractivity contribution in [2.75, 3.05) is 0 Å². The molecule has 1 nitrogen and oxygen atoms in total. The molecule has 0 aromatic rings. The lowest BCUT2D eigenvalue weighted by molar-refractivity contribution is 1.29. The maximum atomic E-state index is 4.76. The standard InChI is InChI=1S/C5H9NS/c1-3-5(7)6-4-2/h4H,3H2,1-2H3. The van der Waals surface area contributed by atoms with Gasteiger partial charge in [0.25, 0.3) is 0 Å². The molecule has 0 N–H and O–H groups in total. The molecule has 0 rings (SSSR count). The summed E-state index contributed by atoms with van der Waals surface area (Å²) in [7, 11) is 0. The van der Waals surface area contributed by atoms with E-state index < -0.39 is 0 Å². The number of nitrogens with zero attached hydrogens (tertiary/aromatic N) is 1. The van der Waals surface area contributed by atoms with Crippen LogP contribution in [0.3, 0.4) is 0 Å². The minimum atomic E-state index is 0.780. The van der Waals surface area contributed by atoms with Gasteiger partial charge < -0.3 is 0 Å². The molecule has 0 aliphatic heterocycles. The molecular formula is C5H9NS. The van der Waals surface area contributed by atoms with Crippen molar-refractivity contribution < 1.29 is 0 Å². The summed E-state index contributed by atoms with van der Waals surface area (Å²) >= 11 is 4.76. The maximum absolute atomic E-state index is 4.76. The number of hydrogen-bond donors (Lipinski definition) is 0. The van der Waals surface area contributed by atoms with Gasteiger partial charge in [0.15, 0.2) is 0 Å². The highest BCUT2D eigenvalue weighted by Crippen LogP contribution is 1.83. The van der Waals surface area contributed by atoms with E-state index in [0.717, 1.165) is 11.4 Å². The van der Waals surface area contributed by atoms with E-state index in [1.807, 2.05) is 13.8 Å². The minimum Gasteiger partial charge on any atom is -0.254 e. The molecule has 0 aromatic carbocycles. The number of hydrogen-bond acceptors (Lipinski definition) is 1. The Bertz CT molecular complexity index is 86.1. The third kappa shape index (κ3) is 3.59. The molecule has 0 saturated heterocycles. The van der Waals surface area contributed by atoms with Crippen LogP contribution in [0.5, 0.6) is 0 Å². The fourth-order valence-electron chi connectivity index (χ4n) is 0.235. The average molecular weight is 115 g/mol. The Hall–Kier alpha value is -0.240. The number of thiocarbonyl (C=S) groups is 1. The van der Waals surface area contributed by atoms with Crippen molar-refractivity contribution in [2.24, 2.45) is 4.99 Å². The molecule has 0 aliphatic carbocycles. The molecular weight excluding hydrogens is 106 g/mol. The predicted molar refractivity (Wildman–Crippen MR) is 37.1 cm³/mol. The highest BCUT2D eigenvalue weighted by molar-refractivity contribution is 7.80. The lowest BCUT2D eigenvalue weighted by Crippen LogP contribution is -1.82. The molecule has 0 aliphatic rings. The monoisotopic (exact) mass is 115 g/mol. The van der Waals surface area contributed by atoms with Crippen molar-refractivity contribution in [2.45, 2.75) is 20.3 Å². The first-order valence-corrected chi connectivity index (χ1v) is 2.73. The van der Waals surface area contributed by atoms with Crippen molar-refractivity contribution in [3.05, 3.63) is 0 Å². The Morgan fingerprint density at radius 1 is 1.86 bits per heavy atom. The van der Waals surface area contributed by atoms with Crippen LogP contribution in [0.2, 0.25) is 0 Å². The van der Waals surface area contributed by atoms with Crippen LogP contribution < -0.4 is 0 Å². The molecule has 40 valence electrons. The second kappa shape index (κ2) is 3.93. The molecule has 0 atom stereocenters. The molecule has 0 bridgehead atoms. The Morgan fingerprint density at radius 3 is 2.57 bits per heavy atom. The Kier molecular flexibility index (Phi) is 3.80. The van der Waals surface area contributed by atoms with Gasteiger partial charge >= 0.3 is 0 Å². The lowest BCUT2D eigenvalue weighted by Gasteiger charge is -1.82. The molecule has 0 aromatic heterocycles. The summed E-state index contributed by atoms with van der Waals surface area (Å²) < 4.78 is 0. The molecule has 2 heteroatoms. The number of rotatable bonds is 1. The van der Waals surface area contributed by atoms with Crippen LogP contribution in [0.4, 0.5) is 0 Å². The Balaban J connectivity index is 3.37. The maximum Gasteiger partial charge on any atom is 0.102 e. The van der Waals surface area contributed by atoms with E-state index in [-0.39, 0.29) is 0 Å². The van der Waals surface area contributed by atoms with Crippen molar-refractivity contribution in [3.8, 4) is 0 Å². The van der Waals surface area contributed by atoms with Gasteiger partial charge in [-0.3, -0.25) is 4.99 Å². The predicted octanol–water partition coefficient (Wildman–Crippen LogP) is 1.81. The third-order valence-electron chi connectivity index (χ3n) is 0.576. The normalized spacial score (nSPS) is 10.0. The minimum absolute atomic E-state index is 0.780. The van der Waals surface area contributed by atoms with Crippen LogP contribution in [0.1, 0.15) is 20.3 Å². The van der Waals surface area contributed by atoms with Gasteiger partial charge in [-0.2, -0.15) is 0 Å². The van der Waals surface area contributed by atoms with Crippen LogP contribution in [-0.2, 0) is 0 Å². The van der Waals surface area contributed by atoms with Gasteiger partial charge in [0.2, 0.25) is 0 Å². The van der Waals surface area contributed by atoms with Gasteiger partial charge in [0, 0.05) is 6.21 Å². The van der Waals surface area contributed by atoms with Gasteiger partial charge in [0.05, 0.1) is 0 Å². The molecule has 0 saturated carbocycles. The SMILES string of the molecule is CC=NC(=S)CC. The van der Waals surface area contributed by atoms with Crippen LogP contribution in [-0.4, -0.2) is 11.2 Å². The van der Waals surface area contributed by atoms with Crippen molar-refractivity contribution >= 4 is 23.4 Å². The highest BCUT2D eigenvalue weighted by Gasteiger charge is 1.79. The van der Waals surface area contributed by atoms with E-state index in [1.165, 1.54) is 0 Å². The van der Waals surface area contributed by atoms with E-state index in [4.69, 9.17) is 12.2 Å². The summed E-state index contributed by atoms with van der Waals surface area (Å²) in [6.07, 6.45) is 2.59. The van der Waals surface area contributed by atoms with Gasteiger partial charge in [-0.15, -0.1) is 0 Å². The fraction of sp³-hybridized carbons (Fsp3) is 0.600. The zero-order valence-electron chi connectivity index (χ0n) is 4.64. The smallest absolute Gasteiger partial charge is 0.102 e. The first-order chi connectivity index (χ1) is 3.31.